The Balaban J connectivity index is 2.09. The van der Waals surface area contributed by atoms with Crippen molar-refractivity contribution in [3.8, 4) is 0 Å². The molecule has 1 aromatic carbocycles. The van der Waals surface area contributed by atoms with Gasteiger partial charge in [0.15, 0.2) is 0 Å². The SMILES string of the molecule is CCCNCC1(c2ccc(Br)cc2)CC(C(C)C)C1. The zero-order valence-corrected chi connectivity index (χ0v) is 14.0. The number of nitrogens with one attached hydrogen (secondary N) is 1. The van der Waals surface area contributed by atoms with Gasteiger partial charge < -0.3 is 5.32 Å². The van der Waals surface area contributed by atoms with Crippen LogP contribution in [0.1, 0.15) is 45.6 Å². The molecule has 19 heavy (non-hydrogen) atoms. The second-order valence-corrected chi connectivity index (χ2v) is 7.29. The molecular weight excluding hydrogens is 298 g/mol. The number of rotatable bonds is 6. The lowest BCUT2D eigenvalue weighted by atomic mass is 9.56. The predicted octanol–water partition coefficient (Wildman–Crippen LogP) is 4.75. The smallest absolute Gasteiger partial charge is 0.0175 e. The lowest BCUT2D eigenvalue weighted by Crippen LogP contribution is -2.50. The lowest BCUT2D eigenvalue weighted by Gasteiger charge is -2.50. The number of halogens is 1. The summed E-state index contributed by atoms with van der Waals surface area (Å²) in [5, 5.41) is 3.64. The van der Waals surface area contributed by atoms with Crippen LogP contribution in [0.3, 0.4) is 0 Å². The highest BCUT2D eigenvalue weighted by molar-refractivity contribution is 9.10. The van der Waals surface area contributed by atoms with Crippen LogP contribution < -0.4 is 5.32 Å². The first-order valence-electron chi connectivity index (χ1n) is 7.54. The van der Waals surface area contributed by atoms with Gasteiger partial charge in [-0.05, 0) is 55.3 Å². The van der Waals surface area contributed by atoms with Crippen LogP contribution in [-0.2, 0) is 5.41 Å². The number of hydrogen-bond donors (Lipinski definition) is 1. The van der Waals surface area contributed by atoms with Gasteiger partial charge >= 0.3 is 0 Å². The minimum absolute atomic E-state index is 0.380. The van der Waals surface area contributed by atoms with E-state index in [4.69, 9.17) is 0 Å². The van der Waals surface area contributed by atoms with Gasteiger partial charge in [-0.1, -0.05) is 48.8 Å². The summed E-state index contributed by atoms with van der Waals surface area (Å²) in [7, 11) is 0. The van der Waals surface area contributed by atoms with Gasteiger partial charge in [0.1, 0.15) is 0 Å². The van der Waals surface area contributed by atoms with Gasteiger partial charge in [0.05, 0.1) is 0 Å². The molecule has 0 saturated heterocycles. The van der Waals surface area contributed by atoms with Crippen LogP contribution in [0.2, 0.25) is 0 Å². The van der Waals surface area contributed by atoms with E-state index in [1.165, 1.54) is 29.3 Å². The second kappa shape index (κ2) is 6.41. The molecule has 0 bridgehead atoms. The van der Waals surface area contributed by atoms with E-state index in [0.717, 1.165) is 24.9 Å². The Labute approximate surface area is 126 Å². The second-order valence-electron chi connectivity index (χ2n) is 6.38. The summed E-state index contributed by atoms with van der Waals surface area (Å²) in [4.78, 5) is 0. The van der Waals surface area contributed by atoms with E-state index in [9.17, 15) is 0 Å². The molecule has 1 aromatic rings. The van der Waals surface area contributed by atoms with Crippen LogP contribution in [0.25, 0.3) is 0 Å². The van der Waals surface area contributed by atoms with Gasteiger partial charge in [0, 0.05) is 16.4 Å². The Bertz CT molecular complexity index is 390. The predicted molar refractivity (Wildman–Crippen MR) is 86.5 cm³/mol. The molecule has 0 radical (unpaired) electrons. The molecule has 0 aliphatic heterocycles. The zero-order chi connectivity index (χ0) is 13.9. The van der Waals surface area contributed by atoms with Gasteiger partial charge in [0.25, 0.3) is 0 Å². The van der Waals surface area contributed by atoms with E-state index in [1.54, 1.807) is 0 Å². The molecule has 106 valence electrons. The highest BCUT2D eigenvalue weighted by Crippen LogP contribution is 2.50. The molecule has 1 fully saturated rings. The molecule has 0 unspecified atom stereocenters. The van der Waals surface area contributed by atoms with E-state index in [1.807, 2.05) is 0 Å². The third-order valence-electron chi connectivity index (χ3n) is 4.60. The first-order chi connectivity index (χ1) is 9.07. The molecule has 0 aromatic heterocycles. The first kappa shape index (κ1) is 15.1. The topological polar surface area (TPSA) is 12.0 Å². The van der Waals surface area contributed by atoms with Gasteiger partial charge in [-0.3, -0.25) is 0 Å². The molecule has 1 N–H and O–H groups in total. The van der Waals surface area contributed by atoms with Gasteiger partial charge in [-0.2, -0.15) is 0 Å². The highest BCUT2D eigenvalue weighted by atomic mass is 79.9. The molecule has 0 spiro atoms. The van der Waals surface area contributed by atoms with Crippen molar-refractivity contribution in [1.82, 2.24) is 5.32 Å². The average molecular weight is 324 g/mol. The van der Waals surface area contributed by atoms with Gasteiger partial charge in [-0.15, -0.1) is 0 Å². The minimum Gasteiger partial charge on any atom is -0.316 e. The molecule has 0 amide bonds. The van der Waals surface area contributed by atoms with Crippen molar-refractivity contribution >= 4 is 15.9 Å². The van der Waals surface area contributed by atoms with Crippen molar-refractivity contribution in [3.05, 3.63) is 34.3 Å². The lowest BCUT2D eigenvalue weighted by molar-refractivity contribution is 0.0979. The fourth-order valence-corrected chi connectivity index (χ4v) is 3.47. The summed E-state index contributed by atoms with van der Waals surface area (Å²) >= 11 is 3.54. The molecule has 1 nitrogen and oxygen atoms in total. The first-order valence-corrected chi connectivity index (χ1v) is 8.33. The van der Waals surface area contributed by atoms with Crippen LogP contribution in [-0.4, -0.2) is 13.1 Å². The summed E-state index contributed by atoms with van der Waals surface area (Å²) in [6.07, 6.45) is 3.88. The monoisotopic (exact) mass is 323 g/mol. The average Bonchev–Trinajstić information content (AvgIpc) is 2.33. The molecule has 2 heteroatoms. The number of hydrogen-bond acceptors (Lipinski definition) is 1. The Morgan fingerprint density at radius 2 is 1.89 bits per heavy atom. The van der Waals surface area contributed by atoms with E-state index < -0.39 is 0 Å². The molecule has 0 atom stereocenters. The Kier molecular flexibility index (Phi) is 5.08. The summed E-state index contributed by atoms with van der Waals surface area (Å²) in [5.74, 6) is 1.71. The van der Waals surface area contributed by atoms with E-state index in [2.05, 4.69) is 66.3 Å². The third-order valence-corrected chi connectivity index (χ3v) is 5.12. The van der Waals surface area contributed by atoms with Crippen molar-refractivity contribution in [2.45, 2.75) is 45.4 Å². The third kappa shape index (κ3) is 3.41. The maximum Gasteiger partial charge on any atom is 0.0175 e. The summed E-state index contributed by atoms with van der Waals surface area (Å²) < 4.78 is 1.17. The van der Waals surface area contributed by atoms with Crippen LogP contribution in [0.4, 0.5) is 0 Å². The number of benzene rings is 1. The van der Waals surface area contributed by atoms with Crippen LogP contribution in [0, 0.1) is 11.8 Å². The van der Waals surface area contributed by atoms with Crippen molar-refractivity contribution in [3.63, 3.8) is 0 Å². The maximum absolute atomic E-state index is 3.64. The molecule has 2 rings (SSSR count). The normalized spacial score (nSPS) is 26.5. The van der Waals surface area contributed by atoms with E-state index in [0.29, 0.717) is 5.41 Å². The van der Waals surface area contributed by atoms with Crippen molar-refractivity contribution in [1.29, 1.82) is 0 Å². The van der Waals surface area contributed by atoms with E-state index in [-0.39, 0.29) is 0 Å². The summed E-state index contributed by atoms with van der Waals surface area (Å²) in [6.45, 7) is 9.21. The van der Waals surface area contributed by atoms with Crippen molar-refractivity contribution < 1.29 is 0 Å². The Morgan fingerprint density at radius 1 is 1.26 bits per heavy atom. The molecule has 0 heterocycles. The maximum atomic E-state index is 3.64. The van der Waals surface area contributed by atoms with Gasteiger partial charge in [0.2, 0.25) is 0 Å². The zero-order valence-electron chi connectivity index (χ0n) is 12.4. The van der Waals surface area contributed by atoms with Crippen LogP contribution >= 0.6 is 15.9 Å². The van der Waals surface area contributed by atoms with Crippen molar-refractivity contribution in [2.75, 3.05) is 13.1 Å². The minimum atomic E-state index is 0.380. The Morgan fingerprint density at radius 3 is 2.42 bits per heavy atom. The largest absolute Gasteiger partial charge is 0.316 e. The summed E-state index contributed by atoms with van der Waals surface area (Å²) in [6, 6.07) is 8.96. The standard InChI is InChI=1S/C17H26BrN/c1-4-9-19-12-17(10-14(11-17)13(2)3)15-5-7-16(18)8-6-15/h5-8,13-14,19H,4,9-12H2,1-3H3. The quantitative estimate of drug-likeness (QED) is 0.745. The fraction of sp³-hybridized carbons (Fsp3) is 0.647. The van der Waals surface area contributed by atoms with Crippen LogP contribution in [0.5, 0.6) is 0 Å². The van der Waals surface area contributed by atoms with Crippen LogP contribution in [0.15, 0.2) is 28.7 Å². The fourth-order valence-electron chi connectivity index (χ4n) is 3.21. The van der Waals surface area contributed by atoms with E-state index >= 15 is 0 Å². The Hall–Kier alpha value is -0.340. The molecular formula is C17H26BrN. The van der Waals surface area contributed by atoms with Gasteiger partial charge in [-0.25, -0.2) is 0 Å². The summed E-state index contributed by atoms with van der Waals surface area (Å²) in [5.41, 5.74) is 1.89. The highest BCUT2D eigenvalue weighted by Gasteiger charge is 2.45. The molecule has 1 aliphatic rings. The molecule has 1 aliphatic carbocycles. The van der Waals surface area contributed by atoms with Crippen molar-refractivity contribution in [2.24, 2.45) is 11.8 Å². The molecule has 1 saturated carbocycles.